The molecule has 1 amide bonds. The Morgan fingerprint density at radius 1 is 1.47 bits per heavy atom. The highest BCUT2D eigenvalue weighted by atomic mass is 16.4. The quantitative estimate of drug-likeness (QED) is 0.796. The summed E-state index contributed by atoms with van der Waals surface area (Å²) < 4.78 is 5.24. The average Bonchev–Trinajstić information content (AvgIpc) is 2.65. The summed E-state index contributed by atoms with van der Waals surface area (Å²) in [6.07, 6.45) is 2.31. The van der Waals surface area contributed by atoms with Gasteiger partial charge >= 0.3 is 5.97 Å². The van der Waals surface area contributed by atoms with E-state index in [1.807, 2.05) is 6.92 Å². The number of hydrogen-bond acceptors (Lipinski definition) is 3. The van der Waals surface area contributed by atoms with E-state index in [4.69, 9.17) is 9.52 Å². The zero-order chi connectivity index (χ0) is 12.8. The number of carbonyl (C=O) groups excluding carboxylic acids is 1. The predicted octanol–water partition coefficient (Wildman–Crippen LogP) is 2.09. The first-order valence-electron chi connectivity index (χ1n) is 5.64. The van der Waals surface area contributed by atoms with Crippen molar-refractivity contribution in [3.63, 3.8) is 0 Å². The van der Waals surface area contributed by atoms with Crippen LogP contribution in [0.2, 0.25) is 0 Å². The fourth-order valence-electron chi connectivity index (χ4n) is 1.45. The van der Waals surface area contributed by atoms with E-state index in [-0.39, 0.29) is 18.0 Å². The molecule has 0 aliphatic heterocycles. The summed E-state index contributed by atoms with van der Waals surface area (Å²) in [5.74, 6) is -0.243. The average molecular weight is 239 g/mol. The zero-order valence-electron chi connectivity index (χ0n) is 10.1. The van der Waals surface area contributed by atoms with Crippen molar-refractivity contribution < 1.29 is 19.1 Å². The van der Waals surface area contributed by atoms with Crippen molar-refractivity contribution in [3.05, 3.63) is 23.2 Å². The lowest BCUT2D eigenvalue weighted by atomic mass is 10.2. The first kappa shape index (κ1) is 13.3. The zero-order valence-corrected chi connectivity index (χ0v) is 10.1. The molecule has 0 aliphatic rings. The SMILES string of the molecule is CCCCC(=O)NCc1cc(C(=O)O)c(C)o1. The molecule has 0 radical (unpaired) electrons. The van der Waals surface area contributed by atoms with Gasteiger partial charge in [0, 0.05) is 6.42 Å². The lowest BCUT2D eigenvalue weighted by Crippen LogP contribution is -2.21. The van der Waals surface area contributed by atoms with Crippen molar-refractivity contribution in [1.82, 2.24) is 5.32 Å². The van der Waals surface area contributed by atoms with Gasteiger partial charge < -0.3 is 14.8 Å². The number of rotatable bonds is 6. The highest BCUT2D eigenvalue weighted by Gasteiger charge is 2.13. The minimum atomic E-state index is -1.02. The molecule has 1 aromatic heterocycles. The van der Waals surface area contributed by atoms with E-state index in [9.17, 15) is 9.59 Å². The maximum Gasteiger partial charge on any atom is 0.339 e. The molecule has 0 unspecified atom stereocenters. The molecular weight excluding hydrogens is 222 g/mol. The summed E-state index contributed by atoms with van der Waals surface area (Å²) in [7, 11) is 0. The van der Waals surface area contributed by atoms with Crippen molar-refractivity contribution in [2.24, 2.45) is 0 Å². The van der Waals surface area contributed by atoms with Gasteiger partial charge in [0.2, 0.25) is 5.91 Å². The summed E-state index contributed by atoms with van der Waals surface area (Å²) in [6, 6.07) is 1.44. The Morgan fingerprint density at radius 3 is 2.71 bits per heavy atom. The maximum absolute atomic E-state index is 11.3. The Balaban J connectivity index is 2.50. The molecule has 0 fully saturated rings. The Bertz CT molecular complexity index is 409. The normalized spacial score (nSPS) is 10.2. The third-order valence-corrected chi connectivity index (χ3v) is 2.42. The largest absolute Gasteiger partial charge is 0.478 e. The van der Waals surface area contributed by atoms with Crippen LogP contribution >= 0.6 is 0 Å². The molecule has 5 nitrogen and oxygen atoms in total. The van der Waals surface area contributed by atoms with E-state index in [0.717, 1.165) is 12.8 Å². The summed E-state index contributed by atoms with van der Waals surface area (Å²) in [4.78, 5) is 22.1. The minimum Gasteiger partial charge on any atom is -0.478 e. The first-order chi connectivity index (χ1) is 8.04. The number of carboxylic acid groups (broad SMARTS) is 1. The van der Waals surface area contributed by atoms with Crippen LogP contribution in [-0.4, -0.2) is 17.0 Å². The lowest BCUT2D eigenvalue weighted by molar-refractivity contribution is -0.121. The van der Waals surface area contributed by atoms with Gasteiger partial charge in [-0.05, 0) is 19.4 Å². The number of amides is 1. The number of nitrogens with one attached hydrogen (secondary N) is 1. The van der Waals surface area contributed by atoms with Crippen molar-refractivity contribution in [1.29, 1.82) is 0 Å². The Labute approximate surface area is 99.8 Å². The molecule has 0 bridgehead atoms. The van der Waals surface area contributed by atoms with Gasteiger partial charge in [0.15, 0.2) is 0 Å². The molecule has 1 heterocycles. The Morgan fingerprint density at radius 2 is 2.18 bits per heavy atom. The van der Waals surface area contributed by atoms with Crippen LogP contribution in [0.3, 0.4) is 0 Å². The fourth-order valence-corrected chi connectivity index (χ4v) is 1.45. The number of carboxylic acids is 1. The van der Waals surface area contributed by atoms with Crippen LogP contribution in [0.4, 0.5) is 0 Å². The molecule has 94 valence electrons. The number of aryl methyl sites for hydroxylation is 1. The van der Waals surface area contributed by atoms with Gasteiger partial charge in [-0.15, -0.1) is 0 Å². The molecule has 17 heavy (non-hydrogen) atoms. The number of unbranched alkanes of at least 4 members (excludes halogenated alkanes) is 1. The van der Waals surface area contributed by atoms with E-state index >= 15 is 0 Å². The van der Waals surface area contributed by atoms with Crippen LogP contribution in [0.5, 0.6) is 0 Å². The second-order valence-electron chi connectivity index (χ2n) is 3.87. The number of carbonyl (C=O) groups is 2. The molecule has 1 aromatic rings. The third kappa shape index (κ3) is 3.94. The highest BCUT2D eigenvalue weighted by Crippen LogP contribution is 2.14. The van der Waals surface area contributed by atoms with E-state index in [0.29, 0.717) is 17.9 Å². The summed E-state index contributed by atoms with van der Waals surface area (Å²) >= 11 is 0. The van der Waals surface area contributed by atoms with Crippen LogP contribution < -0.4 is 5.32 Å². The molecule has 0 saturated heterocycles. The summed E-state index contributed by atoms with van der Waals surface area (Å²) in [5, 5.41) is 11.5. The van der Waals surface area contributed by atoms with Crippen LogP contribution in [0.15, 0.2) is 10.5 Å². The van der Waals surface area contributed by atoms with Crippen LogP contribution in [0.1, 0.15) is 48.1 Å². The van der Waals surface area contributed by atoms with Gasteiger partial charge in [-0.25, -0.2) is 4.79 Å². The predicted molar refractivity (Wildman–Crippen MR) is 61.8 cm³/mol. The van der Waals surface area contributed by atoms with E-state index < -0.39 is 5.97 Å². The lowest BCUT2D eigenvalue weighted by Gasteiger charge is -2.01. The first-order valence-corrected chi connectivity index (χ1v) is 5.64. The molecule has 0 aromatic carbocycles. The molecule has 5 heteroatoms. The molecular formula is C12H17NO4. The van der Waals surface area contributed by atoms with Gasteiger partial charge in [0.1, 0.15) is 17.1 Å². The Kier molecular flexibility index (Phi) is 4.75. The summed E-state index contributed by atoms with van der Waals surface area (Å²) in [5.41, 5.74) is 0.141. The van der Waals surface area contributed by atoms with Crippen LogP contribution in [0, 0.1) is 6.92 Å². The smallest absolute Gasteiger partial charge is 0.339 e. The van der Waals surface area contributed by atoms with Crippen molar-refractivity contribution in [3.8, 4) is 0 Å². The van der Waals surface area contributed by atoms with Crippen LogP contribution in [0.25, 0.3) is 0 Å². The molecule has 1 rings (SSSR count). The second kappa shape index (κ2) is 6.08. The molecule has 0 saturated carbocycles. The highest BCUT2D eigenvalue weighted by molar-refractivity contribution is 5.88. The molecule has 0 spiro atoms. The number of hydrogen-bond donors (Lipinski definition) is 2. The Hall–Kier alpha value is -1.78. The maximum atomic E-state index is 11.3. The van der Waals surface area contributed by atoms with Crippen molar-refractivity contribution in [2.75, 3.05) is 0 Å². The molecule has 0 atom stereocenters. The van der Waals surface area contributed by atoms with E-state index in [1.165, 1.54) is 6.07 Å². The fraction of sp³-hybridized carbons (Fsp3) is 0.500. The monoisotopic (exact) mass is 239 g/mol. The minimum absolute atomic E-state index is 0.0437. The second-order valence-corrected chi connectivity index (χ2v) is 3.87. The van der Waals surface area contributed by atoms with Gasteiger partial charge in [0.05, 0.1) is 6.54 Å². The van der Waals surface area contributed by atoms with Gasteiger partial charge in [0.25, 0.3) is 0 Å². The topological polar surface area (TPSA) is 79.5 Å². The number of furan rings is 1. The molecule has 2 N–H and O–H groups in total. The van der Waals surface area contributed by atoms with Gasteiger partial charge in [-0.1, -0.05) is 13.3 Å². The van der Waals surface area contributed by atoms with Crippen LogP contribution in [-0.2, 0) is 11.3 Å². The van der Waals surface area contributed by atoms with E-state index in [2.05, 4.69) is 5.32 Å². The number of aromatic carboxylic acids is 1. The molecule has 0 aliphatic carbocycles. The van der Waals surface area contributed by atoms with Gasteiger partial charge in [-0.2, -0.15) is 0 Å². The standard InChI is InChI=1S/C12H17NO4/c1-3-4-5-11(14)13-7-9-6-10(12(15)16)8(2)17-9/h6H,3-5,7H2,1-2H3,(H,13,14)(H,15,16). The van der Waals surface area contributed by atoms with Gasteiger partial charge in [-0.3, -0.25) is 4.79 Å². The van der Waals surface area contributed by atoms with Crippen molar-refractivity contribution in [2.45, 2.75) is 39.7 Å². The summed E-state index contributed by atoms with van der Waals surface area (Å²) in [6.45, 7) is 3.84. The third-order valence-electron chi connectivity index (χ3n) is 2.42. The van der Waals surface area contributed by atoms with E-state index in [1.54, 1.807) is 6.92 Å². The van der Waals surface area contributed by atoms with Crippen molar-refractivity contribution >= 4 is 11.9 Å².